The van der Waals surface area contributed by atoms with Crippen LogP contribution < -0.4 is 4.74 Å². The van der Waals surface area contributed by atoms with E-state index in [-0.39, 0.29) is 17.7 Å². The number of amides is 1. The molecule has 0 unspecified atom stereocenters. The Kier molecular flexibility index (Phi) is 4.85. The first-order valence-electron chi connectivity index (χ1n) is 9.16. The minimum atomic E-state index is -0.374. The molecule has 0 saturated carbocycles. The van der Waals surface area contributed by atoms with E-state index in [4.69, 9.17) is 4.74 Å². The number of nitrogens with zero attached hydrogens (tertiary/aromatic N) is 1. The molecule has 1 aliphatic rings. The van der Waals surface area contributed by atoms with Crippen LogP contribution in [0.2, 0.25) is 0 Å². The van der Waals surface area contributed by atoms with E-state index in [0.29, 0.717) is 12.1 Å². The summed E-state index contributed by atoms with van der Waals surface area (Å²) in [4.78, 5) is 14.7. The number of carbonyl (C=O) groups excluding carboxylic acids is 1. The van der Waals surface area contributed by atoms with Crippen molar-refractivity contribution in [2.24, 2.45) is 0 Å². The van der Waals surface area contributed by atoms with Crippen LogP contribution in [0, 0.1) is 0 Å². The number of aliphatic hydroxyl groups excluding tert-OH is 1. The van der Waals surface area contributed by atoms with Crippen molar-refractivity contribution in [3.8, 4) is 5.75 Å². The fourth-order valence-corrected chi connectivity index (χ4v) is 3.64. The molecule has 0 aliphatic carbocycles. The van der Waals surface area contributed by atoms with Crippen molar-refractivity contribution in [3.63, 3.8) is 0 Å². The van der Waals surface area contributed by atoms with Gasteiger partial charge in [-0.25, -0.2) is 0 Å². The molecule has 0 fully saturated rings. The summed E-state index contributed by atoms with van der Waals surface area (Å²) in [5, 5.41) is 10.8. The van der Waals surface area contributed by atoms with E-state index in [1.165, 1.54) is 0 Å². The van der Waals surface area contributed by atoms with Crippen LogP contribution in [0.1, 0.15) is 22.7 Å². The minimum absolute atomic E-state index is 0.192. The fraction of sp³-hybridized carbons (Fsp3) is 0.125. The first-order valence-corrected chi connectivity index (χ1v) is 9.16. The third-order valence-electron chi connectivity index (χ3n) is 5.02. The monoisotopic (exact) mass is 371 g/mol. The number of hydrogen-bond donors (Lipinski definition) is 1. The Balaban J connectivity index is 1.80. The molecular weight excluding hydrogens is 350 g/mol. The molecule has 1 N–H and O–H groups in total. The molecular formula is C24H21NO3. The molecule has 1 aliphatic heterocycles. The molecule has 3 aromatic carbocycles. The maximum absolute atomic E-state index is 13.0. The molecule has 0 saturated heterocycles. The van der Waals surface area contributed by atoms with Crippen LogP contribution in [0.4, 0.5) is 0 Å². The van der Waals surface area contributed by atoms with E-state index < -0.39 is 0 Å². The molecule has 4 heteroatoms. The lowest BCUT2D eigenvalue weighted by molar-refractivity contribution is -0.130. The molecule has 0 radical (unpaired) electrons. The standard InChI is InChI=1S/C24H21NO3/c1-28-20-14-12-19(13-15-20)22-21(18-10-6-3-7-11-18)23(26)24(27)25(22)16-17-8-4-2-5-9-17/h2-15,22,26H,16H2,1H3/t22-/m1/s1. The van der Waals surface area contributed by atoms with Gasteiger partial charge in [-0.05, 0) is 28.8 Å². The number of benzene rings is 3. The number of aliphatic hydroxyl groups is 1. The Hall–Kier alpha value is -3.53. The minimum Gasteiger partial charge on any atom is -0.503 e. The van der Waals surface area contributed by atoms with Crippen molar-refractivity contribution in [1.82, 2.24) is 4.90 Å². The van der Waals surface area contributed by atoms with Crippen molar-refractivity contribution in [1.29, 1.82) is 0 Å². The predicted molar refractivity (Wildman–Crippen MR) is 109 cm³/mol. The van der Waals surface area contributed by atoms with Gasteiger partial charge < -0.3 is 14.7 Å². The SMILES string of the molecule is COc1ccc([C@@H]2C(c3ccccc3)=C(O)C(=O)N2Cc2ccccc2)cc1. The van der Waals surface area contributed by atoms with Crippen LogP contribution in [-0.4, -0.2) is 23.0 Å². The van der Waals surface area contributed by atoms with Crippen LogP contribution in [-0.2, 0) is 11.3 Å². The average molecular weight is 371 g/mol. The second kappa shape index (κ2) is 7.61. The van der Waals surface area contributed by atoms with Crippen LogP contribution >= 0.6 is 0 Å². The van der Waals surface area contributed by atoms with E-state index in [0.717, 1.165) is 22.4 Å². The zero-order valence-corrected chi connectivity index (χ0v) is 15.6. The van der Waals surface area contributed by atoms with Crippen LogP contribution in [0.3, 0.4) is 0 Å². The Morgan fingerprint density at radius 3 is 2.11 bits per heavy atom. The van der Waals surface area contributed by atoms with Crippen molar-refractivity contribution in [2.45, 2.75) is 12.6 Å². The normalized spacial score (nSPS) is 16.5. The summed E-state index contributed by atoms with van der Waals surface area (Å²) in [6.45, 7) is 0.413. The Morgan fingerprint density at radius 1 is 0.893 bits per heavy atom. The summed E-state index contributed by atoms with van der Waals surface area (Å²) >= 11 is 0. The summed E-state index contributed by atoms with van der Waals surface area (Å²) in [5.74, 6) is 0.198. The third kappa shape index (κ3) is 3.25. The first-order chi connectivity index (χ1) is 13.7. The van der Waals surface area contributed by atoms with Gasteiger partial charge in [-0.3, -0.25) is 4.79 Å². The number of methoxy groups -OCH3 is 1. The van der Waals surface area contributed by atoms with Gasteiger partial charge in [0.1, 0.15) is 5.75 Å². The van der Waals surface area contributed by atoms with Crippen LogP contribution in [0.5, 0.6) is 5.75 Å². The lowest BCUT2D eigenvalue weighted by Gasteiger charge is -2.27. The zero-order valence-electron chi connectivity index (χ0n) is 15.6. The largest absolute Gasteiger partial charge is 0.503 e. The van der Waals surface area contributed by atoms with E-state index in [2.05, 4.69) is 0 Å². The van der Waals surface area contributed by atoms with Crippen molar-refractivity contribution in [3.05, 3.63) is 107 Å². The molecule has 1 amide bonds. The molecule has 4 rings (SSSR count). The van der Waals surface area contributed by atoms with E-state index in [9.17, 15) is 9.90 Å². The summed E-state index contributed by atoms with van der Waals surface area (Å²) < 4.78 is 5.27. The second-order valence-corrected chi connectivity index (χ2v) is 6.72. The summed E-state index contributed by atoms with van der Waals surface area (Å²) in [7, 11) is 1.62. The number of rotatable bonds is 5. The Labute approximate surface area is 164 Å². The van der Waals surface area contributed by atoms with Crippen LogP contribution in [0.25, 0.3) is 5.57 Å². The molecule has 0 aromatic heterocycles. The van der Waals surface area contributed by atoms with Gasteiger partial charge in [0.05, 0.1) is 13.2 Å². The molecule has 0 bridgehead atoms. The van der Waals surface area contributed by atoms with Gasteiger partial charge >= 0.3 is 0 Å². The Morgan fingerprint density at radius 2 is 1.50 bits per heavy atom. The lowest BCUT2D eigenvalue weighted by Crippen LogP contribution is -2.29. The fourth-order valence-electron chi connectivity index (χ4n) is 3.64. The van der Waals surface area contributed by atoms with E-state index in [1.54, 1.807) is 12.0 Å². The van der Waals surface area contributed by atoms with E-state index >= 15 is 0 Å². The maximum atomic E-state index is 13.0. The number of hydrogen-bond acceptors (Lipinski definition) is 3. The highest BCUT2D eigenvalue weighted by molar-refractivity contribution is 6.05. The molecule has 4 nitrogen and oxygen atoms in total. The third-order valence-corrected chi connectivity index (χ3v) is 5.02. The topological polar surface area (TPSA) is 49.8 Å². The highest BCUT2D eigenvalue weighted by atomic mass is 16.5. The number of ether oxygens (including phenoxy) is 1. The summed E-state index contributed by atoms with van der Waals surface area (Å²) in [6.07, 6.45) is 0. The molecule has 28 heavy (non-hydrogen) atoms. The van der Waals surface area contributed by atoms with Crippen molar-refractivity contribution in [2.75, 3.05) is 7.11 Å². The van der Waals surface area contributed by atoms with Gasteiger partial charge in [0.2, 0.25) is 0 Å². The van der Waals surface area contributed by atoms with E-state index in [1.807, 2.05) is 84.9 Å². The molecule has 1 atom stereocenters. The first kappa shape index (κ1) is 17.9. The molecule has 3 aromatic rings. The zero-order chi connectivity index (χ0) is 19.5. The highest BCUT2D eigenvalue weighted by Gasteiger charge is 2.40. The van der Waals surface area contributed by atoms with Crippen LogP contribution in [0.15, 0.2) is 90.7 Å². The average Bonchev–Trinajstić information content (AvgIpc) is 3.00. The smallest absolute Gasteiger partial charge is 0.290 e. The quantitative estimate of drug-likeness (QED) is 0.704. The van der Waals surface area contributed by atoms with Crippen molar-refractivity contribution < 1.29 is 14.6 Å². The van der Waals surface area contributed by atoms with Gasteiger partial charge in [0, 0.05) is 12.1 Å². The Bertz CT molecular complexity index is 995. The van der Waals surface area contributed by atoms with Gasteiger partial charge in [0.25, 0.3) is 5.91 Å². The molecule has 0 spiro atoms. The maximum Gasteiger partial charge on any atom is 0.290 e. The highest BCUT2D eigenvalue weighted by Crippen LogP contribution is 2.43. The second-order valence-electron chi connectivity index (χ2n) is 6.72. The summed E-state index contributed by atoms with van der Waals surface area (Å²) in [5.41, 5.74) is 3.40. The van der Waals surface area contributed by atoms with Gasteiger partial charge in [-0.1, -0.05) is 72.8 Å². The molecule has 140 valence electrons. The summed E-state index contributed by atoms with van der Waals surface area (Å²) in [6, 6.07) is 26.6. The lowest BCUT2D eigenvalue weighted by atomic mass is 9.93. The van der Waals surface area contributed by atoms with Gasteiger partial charge in [-0.2, -0.15) is 0 Å². The number of carbonyl (C=O) groups is 1. The molecule has 1 heterocycles. The predicted octanol–water partition coefficient (Wildman–Crippen LogP) is 4.75. The van der Waals surface area contributed by atoms with Gasteiger partial charge in [-0.15, -0.1) is 0 Å². The van der Waals surface area contributed by atoms with Crippen molar-refractivity contribution >= 4 is 11.5 Å². The van der Waals surface area contributed by atoms with Gasteiger partial charge in [0.15, 0.2) is 5.76 Å².